The predicted molar refractivity (Wildman–Crippen MR) is 52.0 cm³/mol. The van der Waals surface area contributed by atoms with E-state index in [4.69, 9.17) is 0 Å². The number of rotatable bonds is 3. The topological polar surface area (TPSA) is 20.2 Å². The van der Waals surface area contributed by atoms with Gasteiger partial charge < -0.3 is 5.11 Å². The Labute approximate surface area is 74.8 Å². The molecule has 0 saturated heterocycles. The van der Waals surface area contributed by atoms with Gasteiger partial charge in [-0.1, -0.05) is 25.2 Å². The van der Waals surface area contributed by atoms with Gasteiger partial charge in [-0.05, 0) is 38.2 Å². The molecule has 0 bridgehead atoms. The number of aliphatic hydroxyl groups is 1. The maximum atomic E-state index is 9.85. The van der Waals surface area contributed by atoms with Crippen molar-refractivity contribution in [3.8, 4) is 0 Å². The summed E-state index contributed by atoms with van der Waals surface area (Å²) >= 11 is 0. The van der Waals surface area contributed by atoms with Gasteiger partial charge >= 0.3 is 0 Å². The summed E-state index contributed by atoms with van der Waals surface area (Å²) in [6.07, 6.45) is 10.4. The summed E-state index contributed by atoms with van der Waals surface area (Å²) < 4.78 is 0. The summed E-state index contributed by atoms with van der Waals surface area (Å²) in [6, 6.07) is 0. The third-order valence-corrected chi connectivity index (χ3v) is 2.45. The Bertz CT molecular complexity index is 199. The fourth-order valence-electron chi connectivity index (χ4n) is 1.59. The summed E-state index contributed by atoms with van der Waals surface area (Å²) in [6.45, 7) is 4.03. The van der Waals surface area contributed by atoms with Gasteiger partial charge in [0.05, 0.1) is 5.60 Å². The summed E-state index contributed by atoms with van der Waals surface area (Å²) in [5, 5.41) is 9.85. The molecule has 0 heterocycles. The SMILES string of the molecule is CCC=CCC1=CCCC1(C)O. The molecule has 0 aromatic carbocycles. The molecule has 0 saturated carbocycles. The van der Waals surface area contributed by atoms with Crippen molar-refractivity contribution in [2.24, 2.45) is 0 Å². The van der Waals surface area contributed by atoms with Crippen molar-refractivity contribution in [2.75, 3.05) is 0 Å². The van der Waals surface area contributed by atoms with Crippen LogP contribution in [0.5, 0.6) is 0 Å². The van der Waals surface area contributed by atoms with Crippen molar-refractivity contribution < 1.29 is 5.11 Å². The van der Waals surface area contributed by atoms with E-state index in [9.17, 15) is 5.11 Å². The Kier molecular flexibility index (Phi) is 3.10. The normalized spacial score (nSPS) is 29.8. The fourth-order valence-corrected chi connectivity index (χ4v) is 1.59. The minimum Gasteiger partial charge on any atom is -0.386 e. The Hall–Kier alpha value is -0.560. The molecule has 1 atom stereocenters. The van der Waals surface area contributed by atoms with E-state index in [2.05, 4.69) is 25.2 Å². The molecule has 0 fully saturated rings. The molecule has 1 aliphatic rings. The monoisotopic (exact) mass is 166 g/mol. The van der Waals surface area contributed by atoms with Crippen molar-refractivity contribution in [1.82, 2.24) is 0 Å². The molecule has 1 N–H and O–H groups in total. The van der Waals surface area contributed by atoms with E-state index in [1.165, 1.54) is 5.57 Å². The van der Waals surface area contributed by atoms with Crippen LogP contribution in [0.3, 0.4) is 0 Å². The molecular weight excluding hydrogens is 148 g/mol. The van der Waals surface area contributed by atoms with E-state index in [0.717, 1.165) is 25.7 Å². The van der Waals surface area contributed by atoms with Gasteiger partial charge in [0.2, 0.25) is 0 Å². The van der Waals surface area contributed by atoms with Crippen LogP contribution >= 0.6 is 0 Å². The average Bonchev–Trinajstić information content (AvgIpc) is 2.32. The van der Waals surface area contributed by atoms with Gasteiger partial charge in [-0.25, -0.2) is 0 Å². The van der Waals surface area contributed by atoms with E-state index in [1.54, 1.807) is 0 Å². The maximum absolute atomic E-state index is 9.85. The molecule has 0 aromatic heterocycles. The van der Waals surface area contributed by atoms with E-state index >= 15 is 0 Å². The summed E-state index contributed by atoms with van der Waals surface area (Å²) in [4.78, 5) is 0. The zero-order valence-electron chi connectivity index (χ0n) is 8.01. The van der Waals surface area contributed by atoms with Gasteiger partial charge in [-0.15, -0.1) is 0 Å². The molecule has 68 valence electrons. The van der Waals surface area contributed by atoms with Crippen molar-refractivity contribution in [3.05, 3.63) is 23.8 Å². The van der Waals surface area contributed by atoms with Crippen LogP contribution in [0.15, 0.2) is 23.8 Å². The lowest BCUT2D eigenvalue weighted by Gasteiger charge is -2.19. The second-order valence-corrected chi connectivity index (χ2v) is 3.63. The summed E-state index contributed by atoms with van der Waals surface area (Å²) in [7, 11) is 0. The fraction of sp³-hybridized carbons (Fsp3) is 0.636. The first-order chi connectivity index (χ1) is 5.67. The molecule has 0 amide bonds. The van der Waals surface area contributed by atoms with Crippen LogP contribution < -0.4 is 0 Å². The Morgan fingerprint density at radius 2 is 2.33 bits per heavy atom. The Balaban J connectivity index is 2.47. The van der Waals surface area contributed by atoms with Crippen molar-refractivity contribution >= 4 is 0 Å². The Morgan fingerprint density at radius 1 is 1.58 bits per heavy atom. The van der Waals surface area contributed by atoms with Crippen LogP contribution in [0.2, 0.25) is 0 Å². The van der Waals surface area contributed by atoms with Gasteiger partial charge in [0.1, 0.15) is 0 Å². The smallest absolute Gasteiger partial charge is 0.0834 e. The first kappa shape index (κ1) is 9.53. The van der Waals surface area contributed by atoms with Crippen molar-refractivity contribution in [1.29, 1.82) is 0 Å². The van der Waals surface area contributed by atoms with Gasteiger partial charge in [-0.2, -0.15) is 0 Å². The molecule has 0 spiro atoms. The zero-order chi connectivity index (χ0) is 9.03. The average molecular weight is 166 g/mol. The quantitative estimate of drug-likeness (QED) is 0.639. The lowest BCUT2D eigenvalue weighted by molar-refractivity contribution is 0.0979. The van der Waals surface area contributed by atoms with Crippen LogP contribution in [-0.2, 0) is 0 Å². The van der Waals surface area contributed by atoms with Gasteiger partial charge in [-0.3, -0.25) is 0 Å². The van der Waals surface area contributed by atoms with Crippen molar-refractivity contribution in [2.45, 2.75) is 45.1 Å². The first-order valence-electron chi connectivity index (χ1n) is 4.73. The van der Waals surface area contributed by atoms with Crippen LogP contribution in [0, 0.1) is 0 Å². The summed E-state index contributed by atoms with van der Waals surface area (Å²) in [5.74, 6) is 0. The third-order valence-electron chi connectivity index (χ3n) is 2.45. The second-order valence-electron chi connectivity index (χ2n) is 3.63. The largest absolute Gasteiger partial charge is 0.386 e. The van der Waals surface area contributed by atoms with Crippen LogP contribution in [-0.4, -0.2) is 10.7 Å². The molecule has 1 heteroatoms. The third kappa shape index (κ3) is 2.21. The highest BCUT2D eigenvalue weighted by Crippen LogP contribution is 2.31. The van der Waals surface area contributed by atoms with E-state index in [1.807, 2.05) is 6.92 Å². The lowest BCUT2D eigenvalue weighted by atomic mass is 9.96. The highest BCUT2D eigenvalue weighted by atomic mass is 16.3. The van der Waals surface area contributed by atoms with Crippen LogP contribution in [0.25, 0.3) is 0 Å². The number of hydrogen-bond donors (Lipinski definition) is 1. The molecule has 1 unspecified atom stereocenters. The molecule has 12 heavy (non-hydrogen) atoms. The first-order valence-corrected chi connectivity index (χ1v) is 4.73. The molecular formula is C11H18O. The predicted octanol–water partition coefficient (Wildman–Crippen LogP) is 2.81. The van der Waals surface area contributed by atoms with Gasteiger partial charge in [0, 0.05) is 0 Å². The highest BCUT2D eigenvalue weighted by molar-refractivity contribution is 5.23. The minimum atomic E-state index is -0.530. The number of allylic oxidation sites excluding steroid dienone is 3. The Morgan fingerprint density at radius 3 is 2.83 bits per heavy atom. The minimum absolute atomic E-state index is 0.530. The molecule has 1 aliphatic carbocycles. The van der Waals surface area contributed by atoms with E-state index in [-0.39, 0.29) is 0 Å². The van der Waals surface area contributed by atoms with E-state index < -0.39 is 5.60 Å². The zero-order valence-corrected chi connectivity index (χ0v) is 8.01. The number of hydrogen-bond acceptors (Lipinski definition) is 1. The molecule has 0 aliphatic heterocycles. The molecule has 1 nitrogen and oxygen atoms in total. The molecule has 0 radical (unpaired) electrons. The standard InChI is InChI=1S/C11H18O/c1-3-4-5-7-10-8-6-9-11(10,2)12/h4-5,8,12H,3,6-7,9H2,1-2H3. The van der Waals surface area contributed by atoms with Gasteiger partial charge in [0.15, 0.2) is 0 Å². The summed E-state index contributed by atoms with van der Waals surface area (Å²) in [5.41, 5.74) is 0.658. The van der Waals surface area contributed by atoms with Gasteiger partial charge in [0.25, 0.3) is 0 Å². The van der Waals surface area contributed by atoms with Crippen molar-refractivity contribution in [3.63, 3.8) is 0 Å². The lowest BCUT2D eigenvalue weighted by Crippen LogP contribution is -2.22. The second kappa shape index (κ2) is 3.90. The van der Waals surface area contributed by atoms with Crippen LogP contribution in [0.1, 0.15) is 39.5 Å². The molecule has 1 rings (SSSR count). The highest BCUT2D eigenvalue weighted by Gasteiger charge is 2.27. The van der Waals surface area contributed by atoms with Crippen LogP contribution in [0.4, 0.5) is 0 Å². The maximum Gasteiger partial charge on any atom is 0.0834 e. The van der Waals surface area contributed by atoms with E-state index in [0.29, 0.717) is 0 Å². The molecule has 0 aromatic rings.